The lowest BCUT2D eigenvalue weighted by Crippen LogP contribution is -2.26. The molecule has 7 rings (SSSR count). The number of hydrogen-bond donors (Lipinski definition) is 1. The Morgan fingerprint density at radius 2 is 1.50 bits per heavy atom. The van der Waals surface area contributed by atoms with Gasteiger partial charge in [0.15, 0.2) is 0 Å². The van der Waals surface area contributed by atoms with Crippen LogP contribution in [0.1, 0.15) is 41.7 Å². The van der Waals surface area contributed by atoms with Gasteiger partial charge in [0.2, 0.25) is 0 Å². The van der Waals surface area contributed by atoms with Gasteiger partial charge in [-0.1, -0.05) is 67.9 Å². The third kappa shape index (κ3) is 2.77. The Morgan fingerprint density at radius 3 is 2.31 bits per heavy atom. The molecule has 36 heavy (non-hydrogen) atoms. The van der Waals surface area contributed by atoms with Crippen molar-refractivity contribution in [3.63, 3.8) is 0 Å². The summed E-state index contributed by atoms with van der Waals surface area (Å²) in [6, 6.07) is 26.9. The second-order valence-electron chi connectivity index (χ2n) is 10.8. The van der Waals surface area contributed by atoms with Crippen molar-refractivity contribution < 1.29 is 0 Å². The number of nitrogens with zero attached hydrogens (tertiary/aromatic N) is 2. The fourth-order valence-electron chi connectivity index (χ4n) is 6.42. The first-order valence-electron chi connectivity index (χ1n) is 12.7. The monoisotopic (exact) mass is 467 g/mol. The van der Waals surface area contributed by atoms with Crippen LogP contribution in [-0.2, 0) is 5.41 Å². The zero-order valence-electron chi connectivity index (χ0n) is 21.4. The molecule has 1 aliphatic rings. The Hall–Kier alpha value is -4.11. The molecule has 1 aliphatic heterocycles. The van der Waals surface area contributed by atoms with Gasteiger partial charge in [0.25, 0.3) is 0 Å². The van der Waals surface area contributed by atoms with E-state index in [4.69, 9.17) is 4.98 Å². The van der Waals surface area contributed by atoms with E-state index in [1.165, 1.54) is 60.7 Å². The number of nitrogens with one attached hydrogen (secondary N) is 1. The van der Waals surface area contributed by atoms with Crippen LogP contribution in [0.2, 0.25) is 0 Å². The molecule has 0 aliphatic carbocycles. The van der Waals surface area contributed by atoms with Gasteiger partial charge in [0.1, 0.15) is 5.82 Å². The molecule has 0 atom stereocenters. The average molecular weight is 468 g/mol. The number of para-hydroxylation sites is 2. The van der Waals surface area contributed by atoms with Crippen molar-refractivity contribution in [2.24, 2.45) is 0 Å². The van der Waals surface area contributed by atoms with Gasteiger partial charge < -0.3 is 9.88 Å². The van der Waals surface area contributed by atoms with Crippen molar-refractivity contribution in [3.8, 4) is 5.69 Å². The molecule has 6 aromatic rings. The van der Waals surface area contributed by atoms with Crippen molar-refractivity contribution in [1.29, 1.82) is 0 Å². The van der Waals surface area contributed by atoms with E-state index >= 15 is 0 Å². The van der Waals surface area contributed by atoms with Crippen molar-refractivity contribution >= 4 is 44.1 Å². The molecule has 0 spiro atoms. The summed E-state index contributed by atoms with van der Waals surface area (Å²) in [5.74, 6) is 0.896. The summed E-state index contributed by atoms with van der Waals surface area (Å²) in [6.07, 6.45) is 1.91. The van der Waals surface area contributed by atoms with Crippen LogP contribution in [0.4, 0.5) is 11.5 Å². The predicted molar refractivity (Wildman–Crippen MR) is 152 cm³/mol. The highest BCUT2D eigenvalue weighted by Crippen LogP contribution is 2.48. The molecule has 0 radical (unpaired) electrons. The molecular weight excluding hydrogens is 438 g/mol. The zero-order chi connectivity index (χ0) is 24.8. The number of rotatable bonds is 2. The number of aromatic nitrogens is 2. The standard InChI is InChI=1S/C33H29N3/c1-19-15-20(2)30(21(3)16-19)35-32-24-18-29-25(17-22(24)13-14-34-32)23-9-8-11-27-31(23)36(29)28-12-7-6-10-26(28)33(27,4)5/h6-18H,1-5H3,(H,34,35). The van der Waals surface area contributed by atoms with Crippen LogP contribution in [0.15, 0.2) is 79.0 Å². The topological polar surface area (TPSA) is 29.9 Å². The van der Waals surface area contributed by atoms with Crippen LogP contribution in [0.3, 0.4) is 0 Å². The van der Waals surface area contributed by atoms with Crippen LogP contribution in [0.25, 0.3) is 38.3 Å². The maximum atomic E-state index is 4.80. The van der Waals surface area contributed by atoms with E-state index in [1.54, 1.807) is 0 Å². The Kier molecular flexibility index (Phi) is 4.24. The van der Waals surface area contributed by atoms with Crippen molar-refractivity contribution in [2.75, 3.05) is 5.32 Å². The molecule has 0 unspecified atom stereocenters. The van der Waals surface area contributed by atoms with Crippen LogP contribution < -0.4 is 5.32 Å². The van der Waals surface area contributed by atoms with Gasteiger partial charge in [-0.05, 0) is 72.7 Å². The highest BCUT2D eigenvalue weighted by atomic mass is 15.0. The van der Waals surface area contributed by atoms with Crippen LogP contribution in [0.5, 0.6) is 0 Å². The molecular formula is C33H29N3. The van der Waals surface area contributed by atoms with E-state index in [1.807, 2.05) is 6.20 Å². The summed E-state index contributed by atoms with van der Waals surface area (Å²) in [6.45, 7) is 11.2. The van der Waals surface area contributed by atoms with Crippen molar-refractivity contribution in [2.45, 2.75) is 40.0 Å². The molecule has 176 valence electrons. The first-order valence-corrected chi connectivity index (χ1v) is 12.7. The molecule has 0 saturated carbocycles. The van der Waals surface area contributed by atoms with Crippen LogP contribution in [-0.4, -0.2) is 9.55 Å². The third-order valence-corrected chi connectivity index (χ3v) is 8.08. The zero-order valence-corrected chi connectivity index (χ0v) is 21.4. The lowest BCUT2D eigenvalue weighted by atomic mass is 9.75. The van der Waals surface area contributed by atoms with Gasteiger partial charge in [-0.3, -0.25) is 0 Å². The summed E-state index contributed by atoms with van der Waals surface area (Å²) in [7, 11) is 0. The van der Waals surface area contributed by atoms with Crippen LogP contribution in [0, 0.1) is 20.8 Å². The van der Waals surface area contributed by atoms with Gasteiger partial charge in [-0.2, -0.15) is 0 Å². The molecule has 3 heteroatoms. The summed E-state index contributed by atoms with van der Waals surface area (Å²) >= 11 is 0. The first kappa shape index (κ1) is 21.2. The average Bonchev–Trinajstić information content (AvgIpc) is 3.18. The molecule has 2 aromatic heterocycles. The summed E-state index contributed by atoms with van der Waals surface area (Å²) in [5, 5.41) is 8.60. The van der Waals surface area contributed by atoms with Gasteiger partial charge in [-0.15, -0.1) is 0 Å². The normalized spacial score (nSPS) is 13.9. The lowest BCUT2D eigenvalue weighted by Gasteiger charge is -2.34. The maximum absolute atomic E-state index is 4.80. The van der Waals surface area contributed by atoms with E-state index in [9.17, 15) is 0 Å². The fraction of sp³-hybridized carbons (Fsp3) is 0.182. The highest BCUT2D eigenvalue weighted by Gasteiger charge is 2.34. The molecule has 0 amide bonds. The summed E-state index contributed by atoms with van der Waals surface area (Å²) < 4.78 is 2.47. The molecule has 0 bridgehead atoms. The Bertz CT molecular complexity index is 1850. The van der Waals surface area contributed by atoms with Gasteiger partial charge >= 0.3 is 0 Å². The number of pyridine rings is 1. The van der Waals surface area contributed by atoms with E-state index in [-0.39, 0.29) is 5.41 Å². The second kappa shape index (κ2) is 7.20. The number of fused-ring (bicyclic) bond motifs is 6. The van der Waals surface area contributed by atoms with Crippen LogP contribution >= 0.6 is 0 Å². The van der Waals surface area contributed by atoms with Gasteiger partial charge in [-0.25, -0.2) is 4.98 Å². The molecule has 1 N–H and O–H groups in total. The van der Waals surface area contributed by atoms with Crippen molar-refractivity contribution in [3.05, 3.63) is 107 Å². The van der Waals surface area contributed by atoms with Gasteiger partial charge in [0, 0.05) is 33.5 Å². The first-order chi connectivity index (χ1) is 17.3. The quantitative estimate of drug-likeness (QED) is 0.276. The number of hydrogen-bond acceptors (Lipinski definition) is 2. The highest BCUT2D eigenvalue weighted by molar-refractivity contribution is 6.16. The van der Waals surface area contributed by atoms with E-state index in [0.29, 0.717) is 0 Å². The fourth-order valence-corrected chi connectivity index (χ4v) is 6.42. The van der Waals surface area contributed by atoms with E-state index in [0.717, 1.165) is 16.9 Å². The summed E-state index contributed by atoms with van der Waals surface area (Å²) in [4.78, 5) is 4.80. The maximum Gasteiger partial charge on any atom is 0.138 e. The minimum Gasteiger partial charge on any atom is -0.339 e. The minimum atomic E-state index is -0.0608. The van der Waals surface area contributed by atoms with Gasteiger partial charge in [0.05, 0.1) is 16.7 Å². The molecule has 4 aromatic carbocycles. The smallest absolute Gasteiger partial charge is 0.138 e. The second-order valence-corrected chi connectivity index (χ2v) is 10.8. The minimum absolute atomic E-state index is 0.0608. The number of anilines is 2. The third-order valence-electron chi connectivity index (χ3n) is 8.08. The van der Waals surface area contributed by atoms with Crippen molar-refractivity contribution in [1.82, 2.24) is 9.55 Å². The Balaban J connectivity index is 1.56. The Morgan fingerprint density at radius 1 is 0.750 bits per heavy atom. The number of benzene rings is 4. The molecule has 3 heterocycles. The SMILES string of the molecule is Cc1cc(C)c(Nc2nccc3cc4c5cccc6c5n(c4cc23)-c2ccccc2C6(C)C)c(C)c1. The summed E-state index contributed by atoms with van der Waals surface area (Å²) in [5.41, 5.74) is 11.4. The molecule has 0 fully saturated rings. The molecule has 3 nitrogen and oxygen atoms in total. The van der Waals surface area contributed by atoms with E-state index < -0.39 is 0 Å². The molecule has 0 saturated heterocycles. The largest absolute Gasteiger partial charge is 0.339 e. The Labute approximate surface area is 211 Å². The lowest BCUT2D eigenvalue weighted by molar-refractivity contribution is 0.630. The number of aryl methyl sites for hydroxylation is 3. The predicted octanol–water partition coefficient (Wildman–Crippen LogP) is 8.64. The van der Waals surface area contributed by atoms with E-state index in [2.05, 4.69) is 117 Å².